The largest absolute Gasteiger partial charge is 0.342 e. The molecule has 1 N–H and O–H groups in total. The van der Waals surface area contributed by atoms with Crippen molar-refractivity contribution >= 4 is 16.7 Å². The Morgan fingerprint density at radius 2 is 1.87 bits per heavy atom. The van der Waals surface area contributed by atoms with Gasteiger partial charge in [-0.1, -0.05) is 42.5 Å². The number of nitrogens with one attached hydrogen (secondary N) is 1. The first kappa shape index (κ1) is 16.0. The molecule has 0 radical (unpaired) electrons. The smallest absolute Gasteiger partial charge is 0.225 e. The minimum atomic E-state index is 0.195. The maximum absolute atomic E-state index is 12.6. The van der Waals surface area contributed by atoms with Crippen LogP contribution in [0.15, 0.2) is 42.5 Å². The van der Waals surface area contributed by atoms with E-state index in [0.717, 1.165) is 32.4 Å². The fraction of sp³-hybridized carbons (Fsp3) is 0.450. The van der Waals surface area contributed by atoms with Crippen LogP contribution in [-0.4, -0.2) is 37.0 Å². The summed E-state index contributed by atoms with van der Waals surface area (Å²) in [6, 6.07) is 15.2. The van der Waals surface area contributed by atoms with E-state index < -0.39 is 0 Å². The van der Waals surface area contributed by atoms with Crippen LogP contribution >= 0.6 is 0 Å². The van der Waals surface area contributed by atoms with E-state index in [1.807, 2.05) is 11.9 Å². The summed E-state index contributed by atoms with van der Waals surface area (Å²) < 4.78 is 0. The van der Waals surface area contributed by atoms with Crippen LogP contribution in [0.3, 0.4) is 0 Å². The standard InChI is InChI=1S/C20H26N2O/c1-15(22(2)20(23)18-9-11-21-12-10-18)13-16-7-8-17-5-3-4-6-19(17)14-16/h3-8,14-15,18,21H,9-13H2,1-2H3/t15-/m0/s1. The van der Waals surface area contributed by atoms with Gasteiger partial charge in [-0.3, -0.25) is 4.79 Å². The third-order valence-electron chi connectivity index (χ3n) is 5.04. The second-order valence-corrected chi connectivity index (χ2v) is 6.71. The number of carbonyl (C=O) groups excluding carboxylic acids is 1. The first-order valence-corrected chi connectivity index (χ1v) is 8.60. The minimum absolute atomic E-state index is 0.195. The molecule has 2 aromatic rings. The van der Waals surface area contributed by atoms with Crippen LogP contribution in [0.1, 0.15) is 25.3 Å². The van der Waals surface area contributed by atoms with Crippen molar-refractivity contribution in [3.05, 3.63) is 48.0 Å². The quantitative estimate of drug-likeness (QED) is 0.940. The number of rotatable bonds is 4. The minimum Gasteiger partial charge on any atom is -0.342 e. The highest BCUT2D eigenvalue weighted by molar-refractivity contribution is 5.83. The number of nitrogens with zero attached hydrogens (tertiary/aromatic N) is 1. The number of hydrogen-bond acceptors (Lipinski definition) is 2. The number of fused-ring (bicyclic) bond motifs is 1. The monoisotopic (exact) mass is 310 g/mol. The second kappa shape index (κ2) is 7.14. The molecule has 0 aliphatic carbocycles. The SMILES string of the molecule is C[C@@H](Cc1ccc2ccccc2c1)N(C)C(=O)C1CCNCC1. The molecule has 23 heavy (non-hydrogen) atoms. The maximum Gasteiger partial charge on any atom is 0.225 e. The Morgan fingerprint density at radius 1 is 1.17 bits per heavy atom. The van der Waals surface area contributed by atoms with Gasteiger partial charge in [0.1, 0.15) is 0 Å². The van der Waals surface area contributed by atoms with Crippen LogP contribution < -0.4 is 5.32 Å². The highest BCUT2D eigenvalue weighted by Crippen LogP contribution is 2.20. The lowest BCUT2D eigenvalue weighted by molar-refractivity contribution is -0.136. The summed E-state index contributed by atoms with van der Waals surface area (Å²) in [6.07, 6.45) is 2.83. The Labute approximate surface area is 138 Å². The van der Waals surface area contributed by atoms with E-state index in [0.29, 0.717) is 5.91 Å². The van der Waals surface area contributed by atoms with Crippen LogP contribution in [0, 0.1) is 5.92 Å². The molecule has 1 heterocycles. The van der Waals surface area contributed by atoms with Crippen molar-refractivity contribution in [3.63, 3.8) is 0 Å². The molecule has 1 aliphatic rings. The molecule has 1 atom stereocenters. The molecule has 0 bridgehead atoms. The fourth-order valence-corrected chi connectivity index (χ4v) is 3.42. The molecule has 122 valence electrons. The van der Waals surface area contributed by atoms with Crippen molar-refractivity contribution in [2.45, 2.75) is 32.2 Å². The van der Waals surface area contributed by atoms with Crippen molar-refractivity contribution in [1.82, 2.24) is 10.2 Å². The van der Waals surface area contributed by atoms with E-state index in [2.05, 4.69) is 54.7 Å². The molecule has 3 nitrogen and oxygen atoms in total. The van der Waals surface area contributed by atoms with Gasteiger partial charge in [0.25, 0.3) is 0 Å². The highest BCUT2D eigenvalue weighted by atomic mass is 16.2. The zero-order valence-corrected chi connectivity index (χ0v) is 14.1. The predicted molar refractivity (Wildman–Crippen MR) is 95.5 cm³/mol. The first-order chi connectivity index (χ1) is 11.1. The second-order valence-electron chi connectivity index (χ2n) is 6.71. The van der Waals surface area contributed by atoms with Gasteiger partial charge in [-0.15, -0.1) is 0 Å². The first-order valence-electron chi connectivity index (χ1n) is 8.60. The van der Waals surface area contributed by atoms with Crippen molar-refractivity contribution < 1.29 is 4.79 Å². The third-order valence-corrected chi connectivity index (χ3v) is 5.04. The van der Waals surface area contributed by atoms with Gasteiger partial charge in [0, 0.05) is 19.0 Å². The Balaban J connectivity index is 1.66. The molecule has 1 amide bonds. The van der Waals surface area contributed by atoms with Crippen molar-refractivity contribution in [3.8, 4) is 0 Å². The molecule has 2 aromatic carbocycles. The fourth-order valence-electron chi connectivity index (χ4n) is 3.42. The number of hydrogen-bond donors (Lipinski definition) is 1. The average Bonchev–Trinajstić information content (AvgIpc) is 2.61. The van der Waals surface area contributed by atoms with Crippen LogP contribution in [0.2, 0.25) is 0 Å². The van der Waals surface area contributed by atoms with Crippen LogP contribution in [0.25, 0.3) is 10.8 Å². The number of amides is 1. The summed E-state index contributed by atoms with van der Waals surface area (Å²) in [5.41, 5.74) is 1.29. The maximum atomic E-state index is 12.6. The molecule has 3 heteroatoms. The van der Waals surface area contributed by atoms with Gasteiger partial charge in [-0.2, -0.15) is 0 Å². The predicted octanol–water partition coefficient (Wildman–Crippen LogP) is 3.23. The summed E-state index contributed by atoms with van der Waals surface area (Å²) in [5.74, 6) is 0.500. The van der Waals surface area contributed by atoms with E-state index >= 15 is 0 Å². The Hall–Kier alpha value is -1.87. The molecular weight excluding hydrogens is 284 g/mol. The number of piperidine rings is 1. The molecular formula is C20H26N2O. The molecule has 1 saturated heterocycles. The average molecular weight is 310 g/mol. The van der Waals surface area contributed by atoms with Crippen LogP contribution in [0.5, 0.6) is 0 Å². The van der Waals surface area contributed by atoms with Gasteiger partial charge < -0.3 is 10.2 Å². The Kier molecular flexibility index (Phi) is 4.97. The molecule has 0 saturated carbocycles. The molecule has 0 spiro atoms. The topological polar surface area (TPSA) is 32.3 Å². The van der Waals surface area contributed by atoms with Gasteiger partial charge in [-0.05, 0) is 55.6 Å². The van der Waals surface area contributed by atoms with Gasteiger partial charge in [-0.25, -0.2) is 0 Å². The van der Waals surface area contributed by atoms with Crippen molar-refractivity contribution in [1.29, 1.82) is 0 Å². The number of carbonyl (C=O) groups is 1. The van der Waals surface area contributed by atoms with E-state index in [9.17, 15) is 4.79 Å². The lowest BCUT2D eigenvalue weighted by atomic mass is 9.95. The molecule has 0 unspecified atom stereocenters. The van der Waals surface area contributed by atoms with Crippen LogP contribution in [-0.2, 0) is 11.2 Å². The molecule has 1 aliphatic heterocycles. The molecule has 3 rings (SSSR count). The Bertz CT molecular complexity index is 676. The Morgan fingerprint density at radius 3 is 2.61 bits per heavy atom. The number of benzene rings is 2. The summed E-state index contributed by atoms with van der Waals surface area (Å²) in [5, 5.41) is 5.86. The summed E-state index contributed by atoms with van der Waals surface area (Å²) >= 11 is 0. The highest BCUT2D eigenvalue weighted by Gasteiger charge is 2.26. The normalized spacial score (nSPS) is 17.1. The van der Waals surface area contributed by atoms with E-state index in [1.165, 1.54) is 16.3 Å². The summed E-state index contributed by atoms with van der Waals surface area (Å²) in [4.78, 5) is 14.6. The van der Waals surface area contributed by atoms with Gasteiger partial charge in [0.2, 0.25) is 5.91 Å². The van der Waals surface area contributed by atoms with E-state index in [1.54, 1.807) is 0 Å². The van der Waals surface area contributed by atoms with E-state index in [4.69, 9.17) is 0 Å². The summed E-state index contributed by atoms with van der Waals surface area (Å²) in [6.45, 7) is 4.07. The summed E-state index contributed by atoms with van der Waals surface area (Å²) in [7, 11) is 1.95. The van der Waals surface area contributed by atoms with Crippen LogP contribution in [0.4, 0.5) is 0 Å². The third kappa shape index (κ3) is 3.73. The lowest BCUT2D eigenvalue weighted by Gasteiger charge is -2.31. The lowest BCUT2D eigenvalue weighted by Crippen LogP contribution is -2.43. The van der Waals surface area contributed by atoms with Crippen molar-refractivity contribution in [2.24, 2.45) is 5.92 Å². The zero-order valence-electron chi connectivity index (χ0n) is 14.1. The molecule has 1 fully saturated rings. The van der Waals surface area contributed by atoms with Crippen molar-refractivity contribution in [2.75, 3.05) is 20.1 Å². The van der Waals surface area contributed by atoms with Gasteiger partial charge >= 0.3 is 0 Å². The molecule has 0 aromatic heterocycles. The van der Waals surface area contributed by atoms with Gasteiger partial charge in [0.15, 0.2) is 0 Å². The van der Waals surface area contributed by atoms with E-state index in [-0.39, 0.29) is 12.0 Å². The van der Waals surface area contributed by atoms with Gasteiger partial charge in [0.05, 0.1) is 0 Å². The number of likely N-dealkylation sites (N-methyl/N-ethyl adjacent to an activating group) is 1. The zero-order chi connectivity index (χ0) is 16.2.